The normalized spacial score (nSPS) is 9.86. The molecular weight excluding hydrogens is 178 g/mol. The van der Waals surface area contributed by atoms with E-state index in [2.05, 4.69) is 5.18 Å². The second-order valence-corrected chi connectivity index (χ2v) is 2.98. The van der Waals surface area contributed by atoms with Crippen LogP contribution in [0.3, 0.4) is 0 Å². The van der Waals surface area contributed by atoms with Gasteiger partial charge >= 0.3 is 0 Å². The summed E-state index contributed by atoms with van der Waals surface area (Å²) in [7, 11) is 0. The Kier molecular flexibility index (Phi) is 3.45. The topological polar surface area (TPSA) is 58.7 Å². The van der Waals surface area contributed by atoms with Crippen molar-refractivity contribution < 1.29 is 0 Å². The third-order valence-electron chi connectivity index (χ3n) is 2.22. The minimum atomic E-state index is 0.411. The predicted octanol–water partition coefficient (Wildman–Crippen LogP) is 2.51. The predicted molar refractivity (Wildman–Crippen MR) is 59.9 cm³/mol. The van der Waals surface area contributed by atoms with Gasteiger partial charge in [-0.2, -0.15) is 0 Å². The average Bonchev–Trinajstić information content (AvgIpc) is 2.22. The molecule has 0 bridgehead atoms. The fraction of sp³-hybridized carbons (Fsp3) is 0.400. The van der Waals surface area contributed by atoms with E-state index in [4.69, 9.17) is 5.73 Å². The number of hydrogen-bond acceptors (Lipinski definition) is 4. The van der Waals surface area contributed by atoms with Crippen LogP contribution in [-0.2, 0) is 0 Å². The SMILES string of the molecule is CCN(CC)c1c(N)cccc1N=O. The van der Waals surface area contributed by atoms with Gasteiger partial charge in [0.2, 0.25) is 0 Å². The fourth-order valence-corrected chi connectivity index (χ4v) is 1.51. The Labute approximate surface area is 83.7 Å². The van der Waals surface area contributed by atoms with Crippen molar-refractivity contribution in [1.29, 1.82) is 0 Å². The summed E-state index contributed by atoms with van der Waals surface area (Å²) in [6.07, 6.45) is 0. The van der Waals surface area contributed by atoms with Crippen molar-refractivity contribution in [3.8, 4) is 0 Å². The molecule has 0 aliphatic heterocycles. The molecule has 0 aliphatic carbocycles. The maximum absolute atomic E-state index is 10.6. The third-order valence-corrected chi connectivity index (χ3v) is 2.22. The Bertz CT molecular complexity index is 321. The summed E-state index contributed by atoms with van der Waals surface area (Å²) in [5.74, 6) is 0. The van der Waals surface area contributed by atoms with Gasteiger partial charge in [0.15, 0.2) is 0 Å². The first kappa shape index (κ1) is 10.5. The summed E-state index contributed by atoms with van der Waals surface area (Å²) in [5, 5.41) is 2.98. The number of hydrogen-bond donors (Lipinski definition) is 1. The van der Waals surface area contributed by atoms with Gasteiger partial charge in [0.1, 0.15) is 5.69 Å². The molecule has 0 aromatic heterocycles. The maximum atomic E-state index is 10.6. The largest absolute Gasteiger partial charge is 0.397 e. The van der Waals surface area contributed by atoms with Gasteiger partial charge in [0.05, 0.1) is 11.4 Å². The summed E-state index contributed by atoms with van der Waals surface area (Å²) in [4.78, 5) is 12.6. The van der Waals surface area contributed by atoms with E-state index >= 15 is 0 Å². The smallest absolute Gasteiger partial charge is 0.133 e. The molecule has 2 N–H and O–H groups in total. The third kappa shape index (κ3) is 1.84. The Morgan fingerprint density at radius 3 is 2.50 bits per heavy atom. The van der Waals surface area contributed by atoms with Crippen LogP contribution in [0.1, 0.15) is 13.8 Å². The summed E-state index contributed by atoms with van der Waals surface area (Å²) < 4.78 is 0. The van der Waals surface area contributed by atoms with Crippen molar-refractivity contribution in [2.75, 3.05) is 23.7 Å². The van der Waals surface area contributed by atoms with E-state index in [1.54, 1.807) is 18.2 Å². The number of nitrogen functional groups attached to an aromatic ring is 1. The lowest BCUT2D eigenvalue weighted by Gasteiger charge is -2.23. The standard InChI is InChI=1S/C10H15N3O/c1-3-13(4-2)10-8(11)6-5-7-9(10)12-14/h5-7H,3-4,11H2,1-2H3. The molecule has 0 saturated heterocycles. The number of para-hydroxylation sites is 1. The highest BCUT2D eigenvalue weighted by Crippen LogP contribution is 2.33. The lowest BCUT2D eigenvalue weighted by Crippen LogP contribution is -2.23. The minimum absolute atomic E-state index is 0.411. The highest BCUT2D eigenvalue weighted by Gasteiger charge is 2.11. The lowest BCUT2D eigenvalue weighted by atomic mass is 10.2. The van der Waals surface area contributed by atoms with Crippen LogP contribution in [0.4, 0.5) is 17.1 Å². The van der Waals surface area contributed by atoms with E-state index in [1.165, 1.54) is 0 Å². The highest BCUT2D eigenvalue weighted by atomic mass is 16.3. The molecule has 14 heavy (non-hydrogen) atoms. The van der Waals surface area contributed by atoms with E-state index in [9.17, 15) is 4.91 Å². The van der Waals surface area contributed by atoms with E-state index < -0.39 is 0 Å². The quantitative estimate of drug-likeness (QED) is 0.590. The van der Waals surface area contributed by atoms with Crippen LogP contribution in [0.5, 0.6) is 0 Å². The van der Waals surface area contributed by atoms with Crippen LogP contribution in [0, 0.1) is 4.91 Å². The first-order chi connectivity index (χ1) is 6.74. The molecule has 4 nitrogen and oxygen atoms in total. The molecule has 0 saturated carbocycles. The molecule has 0 heterocycles. The minimum Gasteiger partial charge on any atom is -0.397 e. The summed E-state index contributed by atoms with van der Waals surface area (Å²) >= 11 is 0. The van der Waals surface area contributed by atoms with Crippen molar-refractivity contribution in [1.82, 2.24) is 0 Å². The first-order valence-electron chi connectivity index (χ1n) is 4.71. The van der Waals surface area contributed by atoms with E-state index in [1.807, 2.05) is 18.7 Å². The van der Waals surface area contributed by atoms with Gasteiger partial charge in [-0.15, -0.1) is 4.91 Å². The maximum Gasteiger partial charge on any atom is 0.133 e. The van der Waals surface area contributed by atoms with Gasteiger partial charge < -0.3 is 10.6 Å². The molecule has 0 fully saturated rings. The van der Waals surface area contributed by atoms with E-state index in [0.717, 1.165) is 18.8 Å². The number of benzene rings is 1. The molecule has 0 atom stereocenters. The molecular formula is C10H15N3O. The first-order valence-corrected chi connectivity index (χ1v) is 4.71. The molecule has 76 valence electrons. The molecule has 0 unspecified atom stereocenters. The molecule has 1 aromatic carbocycles. The average molecular weight is 193 g/mol. The lowest BCUT2D eigenvalue weighted by molar-refractivity contribution is 0.868. The van der Waals surface area contributed by atoms with Crippen LogP contribution < -0.4 is 10.6 Å². The number of nitrogens with two attached hydrogens (primary N) is 1. The van der Waals surface area contributed by atoms with Crippen molar-refractivity contribution in [3.63, 3.8) is 0 Å². The summed E-state index contributed by atoms with van der Waals surface area (Å²) in [6.45, 7) is 5.66. The van der Waals surface area contributed by atoms with Crippen LogP contribution in [0.2, 0.25) is 0 Å². The van der Waals surface area contributed by atoms with Gasteiger partial charge in [0, 0.05) is 13.1 Å². The molecule has 1 rings (SSSR count). The molecule has 0 aliphatic rings. The van der Waals surface area contributed by atoms with Crippen LogP contribution in [0.15, 0.2) is 23.4 Å². The van der Waals surface area contributed by atoms with Crippen molar-refractivity contribution in [3.05, 3.63) is 23.1 Å². The van der Waals surface area contributed by atoms with Gasteiger partial charge in [-0.05, 0) is 31.2 Å². The van der Waals surface area contributed by atoms with Crippen LogP contribution in [0.25, 0.3) is 0 Å². The molecule has 0 spiro atoms. The second-order valence-electron chi connectivity index (χ2n) is 2.98. The second kappa shape index (κ2) is 4.60. The number of rotatable bonds is 4. The van der Waals surface area contributed by atoms with Gasteiger partial charge in [-0.25, -0.2) is 0 Å². The Balaban J connectivity index is 3.21. The number of nitroso groups, excluding NO2 is 1. The zero-order chi connectivity index (χ0) is 10.6. The Morgan fingerprint density at radius 2 is 2.00 bits per heavy atom. The Morgan fingerprint density at radius 1 is 1.36 bits per heavy atom. The van der Waals surface area contributed by atoms with Crippen LogP contribution >= 0.6 is 0 Å². The van der Waals surface area contributed by atoms with Crippen molar-refractivity contribution >= 4 is 17.1 Å². The molecule has 1 aromatic rings. The summed E-state index contributed by atoms with van der Waals surface area (Å²) in [6, 6.07) is 5.19. The van der Waals surface area contributed by atoms with E-state index in [0.29, 0.717) is 11.4 Å². The van der Waals surface area contributed by atoms with Gasteiger partial charge in [0.25, 0.3) is 0 Å². The highest BCUT2D eigenvalue weighted by molar-refractivity contribution is 5.80. The number of nitrogens with zero attached hydrogens (tertiary/aromatic N) is 2. The Hall–Kier alpha value is -1.58. The number of anilines is 2. The monoisotopic (exact) mass is 193 g/mol. The zero-order valence-electron chi connectivity index (χ0n) is 8.53. The molecule has 0 radical (unpaired) electrons. The van der Waals surface area contributed by atoms with E-state index in [-0.39, 0.29) is 0 Å². The molecule has 0 amide bonds. The van der Waals surface area contributed by atoms with Gasteiger partial charge in [-0.1, -0.05) is 6.07 Å². The fourth-order valence-electron chi connectivity index (χ4n) is 1.51. The zero-order valence-corrected chi connectivity index (χ0v) is 8.53. The van der Waals surface area contributed by atoms with Crippen molar-refractivity contribution in [2.45, 2.75) is 13.8 Å². The molecule has 4 heteroatoms. The summed E-state index contributed by atoms with van der Waals surface area (Å²) in [5.41, 5.74) is 7.56. The van der Waals surface area contributed by atoms with Gasteiger partial charge in [-0.3, -0.25) is 0 Å². The van der Waals surface area contributed by atoms with Crippen LogP contribution in [-0.4, -0.2) is 13.1 Å². The van der Waals surface area contributed by atoms with Crippen molar-refractivity contribution in [2.24, 2.45) is 5.18 Å².